The number of unbranched alkanes of at least 4 members (excludes halogenated alkanes) is 52. The zero-order chi connectivity index (χ0) is 55.0. The van der Waals surface area contributed by atoms with Gasteiger partial charge in [-0.1, -0.05) is 348 Å². The first kappa shape index (κ1) is 74.2. The van der Waals surface area contributed by atoms with E-state index in [1.165, 1.54) is 295 Å². The molecule has 0 amide bonds. The molecule has 0 N–H and O–H groups in total. The summed E-state index contributed by atoms with van der Waals surface area (Å²) in [6.07, 6.45) is 78.5. The van der Waals surface area contributed by atoms with Crippen LogP contribution in [0.3, 0.4) is 0 Å². The molecule has 76 heavy (non-hydrogen) atoms. The summed E-state index contributed by atoms with van der Waals surface area (Å²) in [7, 11) is 0. The maximum Gasteiger partial charge on any atom is 0.306 e. The second kappa shape index (κ2) is 65.7. The number of ether oxygens (including phenoxy) is 3. The largest absolute Gasteiger partial charge is 0.462 e. The van der Waals surface area contributed by atoms with E-state index in [9.17, 15) is 14.4 Å². The molecule has 0 saturated carbocycles. The normalized spacial score (nSPS) is 12.0. The quantitative estimate of drug-likeness (QED) is 0.0261. The number of rotatable bonds is 65. The van der Waals surface area contributed by atoms with Gasteiger partial charge in [-0.3, -0.25) is 14.4 Å². The van der Waals surface area contributed by atoms with Gasteiger partial charge in [-0.25, -0.2) is 0 Å². The minimum absolute atomic E-state index is 0.0676. The number of esters is 3. The van der Waals surface area contributed by atoms with Crippen LogP contribution < -0.4 is 0 Å². The Labute approximate surface area is 475 Å². The summed E-state index contributed by atoms with van der Waals surface area (Å²) in [6, 6.07) is 0. The molecule has 0 fully saturated rings. The molecule has 1 atom stereocenters. The van der Waals surface area contributed by atoms with Crippen LogP contribution in [-0.4, -0.2) is 37.2 Å². The van der Waals surface area contributed by atoms with Crippen LogP contribution in [0.4, 0.5) is 0 Å². The topological polar surface area (TPSA) is 78.9 Å². The van der Waals surface area contributed by atoms with Crippen LogP contribution in [0.15, 0.2) is 12.2 Å². The van der Waals surface area contributed by atoms with Crippen molar-refractivity contribution in [2.75, 3.05) is 13.2 Å². The van der Waals surface area contributed by atoms with Crippen LogP contribution in [0.25, 0.3) is 0 Å². The summed E-state index contributed by atoms with van der Waals surface area (Å²) >= 11 is 0. The number of allylic oxidation sites excluding steroid dienone is 2. The van der Waals surface area contributed by atoms with Crippen LogP contribution in [0.5, 0.6) is 0 Å². The molecule has 0 radical (unpaired) electrons. The summed E-state index contributed by atoms with van der Waals surface area (Å²) in [4.78, 5) is 38.1. The predicted octanol–water partition coefficient (Wildman–Crippen LogP) is 23.6. The van der Waals surface area contributed by atoms with Gasteiger partial charge in [0, 0.05) is 19.3 Å². The lowest BCUT2D eigenvalue weighted by Gasteiger charge is -2.18. The van der Waals surface area contributed by atoms with Gasteiger partial charge in [-0.15, -0.1) is 0 Å². The number of hydrogen-bond donors (Lipinski definition) is 0. The lowest BCUT2D eigenvalue weighted by molar-refractivity contribution is -0.167. The predicted molar refractivity (Wildman–Crippen MR) is 330 cm³/mol. The third-order valence-electron chi connectivity index (χ3n) is 16.0. The summed E-state index contributed by atoms with van der Waals surface area (Å²) in [6.45, 7) is 6.67. The Balaban J connectivity index is 3.92. The molecule has 0 aliphatic rings. The van der Waals surface area contributed by atoms with E-state index in [2.05, 4.69) is 32.9 Å². The standard InChI is InChI=1S/C70H134O6/c1-4-7-10-13-16-19-21-23-25-26-27-28-29-30-31-32-33-34-35-36-37-38-39-40-41-42-43-44-45-47-48-51-54-57-60-63-69(72)75-66-67(65-74-68(71)62-59-56-53-50-18-15-12-9-6-3)76-70(73)64-61-58-55-52-49-46-24-22-20-17-14-11-8-5-2/h22,24,67H,4-21,23,25-66H2,1-3H3/b24-22-. The van der Waals surface area contributed by atoms with Crippen LogP contribution in [-0.2, 0) is 28.6 Å². The van der Waals surface area contributed by atoms with Gasteiger partial charge in [0.25, 0.3) is 0 Å². The van der Waals surface area contributed by atoms with E-state index in [4.69, 9.17) is 14.2 Å². The number of carbonyl (C=O) groups is 3. The maximum absolute atomic E-state index is 12.8. The first-order chi connectivity index (χ1) is 37.5. The van der Waals surface area contributed by atoms with Crippen LogP contribution in [0.1, 0.15) is 400 Å². The SMILES string of the molecule is CCCCCCC/C=C\CCCCCCCC(=O)OC(COC(=O)CCCCCCCCCCC)COC(=O)CCCCCCCCCCCCCCCCCCCCCCCCCCCCCCCCCCCCC. The lowest BCUT2D eigenvalue weighted by atomic mass is 10.0. The molecular weight excluding hydrogens is 937 g/mol. The minimum atomic E-state index is -0.769. The van der Waals surface area contributed by atoms with E-state index >= 15 is 0 Å². The first-order valence-corrected chi connectivity index (χ1v) is 34.7. The second-order valence-electron chi connectivity index (χ2n) is 23.8. The molecule has 1 unspecified atom stereocenters. The molecule has 0 rings (SSSR count). The van der Waals surface area contributed by atoms with E-state index in [1.807, 2.05) is 0 Å². The van der Waals surface area contributed by atoms with Crippen molar-refractivity contribution in [3.63, 3.8) is 0 Å². The Morgan fingerprint density at radius 2 is 0.434 bits per heavy atom. The molecule has 0 bridgehead atoms. The highest BCUT2D eigenvalue weighted by Gasteiger charge is 2.19. The molecule has 0 aromatic heterocycles. The van der Waals surface area contributed by atoms with Crippen molar-refractivity contribution in [1.82, 2.24) is 0 Å². The van der Waals surface area contributed by atoms with Crippen molar-refractivity contribution >= 4 is 17.9 Å². The van der Waals surface area contributed by atoms with Crippen molar-refractivity contribution in [1.29, 1.82) is 0 Å². The molecule has 0 aliphatic carbocycles. The third-order valence-corrected chi connectivity index (χ3v) is 16.0. The fourth-order valence-corrected chi connectivity index (χ4v) is 10.8. The van der Waals surface area contributed by atoms with Gasteiger partial charge in [0.1, 0.15) is 13.2 Å². The minimum Gasteiger partial charge on any atom is -0.462 e. The molecule has 0 aromatic carbocycles. The highest BCUT2D eigenvalue weighted by molar-refractivity contribution is 5.71. The number of carbonyl (C=O) groups excluding carboxylic acids is 3. The van der Waals surface area contributed by atoms with Gasteiger partial charge in [0.15, 0.2) is 6.10 Å². The van der Waals surface area contributed by atoms with Gasteiger partial charge >= 0.3 is 17.9 Å². The molecule has 0 aromatic rings. The van der Waals surface area contributed by atoms with Crippen molar-refractivity contribution in [2.24, 2.45) is 0 Å². The monoisotopic (exact) mass is 1070 g/mol. The average molecular weight is 1070 g/mol. The summed E-state index contributed by atoms with van der Waals surface area (Å²) in [5.74, 6) is -0.853. The van der Waals surface area contributed by atoms with Crippen LogP contribution in [0, 0.1) is 0 Å². The lowest BCUT2D eigenvalue weighted by Crippen LogP contribution is -2.30. The van der Waals surface area contributed by atoms with Gasteiger partial charge in [0.2, 0.25) is 0 Å². The molecule has 0 heterocycles. The Kier molecular flexibility index (Phi) is 64.1. The molecule has 0 saturated heterocycles. The van der Waals surface area contributed by atoms with E-state index < -0.39 is 6.10 Å². The molecular formula is C70H134O6. The first-order valence-electron chi connectivity index (χ1n) is 34.7. The highest BCUT2D eigenvalue weighted by Crippen LogP contribution is 2.19. The van der Waals surface area contributed by atoms with E-state index in [0.29, 0.717) is 19.3 Å². The van der Waals surface area contributed by atoms with Gasteiger partial charge in [-0.05, 0) is 44.9 Å². The van der Waals surface area contributed by atoms with Crippen LogP contribution in [0.2, 0.25) is 0 Å². The fraction of sp³-hybridized carbons (Fsp3) is 0.929. The van der Waals surface area contributed by atoms with Crippen LogP contribution >= 0.6 is 0 Å². The summed E-state index contributed by atoms with van der Waals surface area (Å²) < 4.78 is 16.9. The molecule has 450 valence electrons. The highest BCUT2D eigenvalue weighted by atomic mass is 16.6. The fourth-order valence-electron chi connectivity index (χ4n) is 10.8. The number of hydrogen-bond acceptors (Lipinski definition) is 6. The van der Waals surface area contributed by atoms with E-state index in [1.54, 1.807) is 0 Å². The Bertz CT molecular complexity index is 1180. The van der Waals surface area contributed by atoms with Crippen molar-refractivity contribution < 1.29 is 28.6 Å². The Morgan fingerprint density at radius 3 is 0.658 bits per heavy atom. The second-order valence-corrected chi connectivity index (χ2v) is 23.8. The maximum atomic E-state index is 12.8. The smallest absolute Gasteiger partial charge is 0.306 e. The van der Waals surface area contributed by atoms with E-state index in [-0.39, 0.29) is 31.1 Å². The summed E-state index contributed by atoms with van der Waals surface area (Å²) in [5, 5.41) is 0. The van der Waals surface area contributed by atoms with Crippen molar-refractivity contribution in [2.45, 2.75) is 406 Å². The molecule has 6 nitrogen and oxygen atoms in total. The zero-order valence-corrected chi connectivity index (χ0v) is 51.8. The van der Waals surface area contributed by atoms with Crippen molar-refractivity contribution in [3.05, 3.63) is 12.2 Å². The average Bonchev–Trinajstić information content (AvgIpc) is 3.42. The molecule has 6 heteroatoms. The van der Waals surface area contributed by atoms with Gasteiger partial charge in [0.05, 0.1) is 0 Å². The van der Waals surface area contributed by atoms with Gasteiger partial charge in [-0.2, -0.15) is 0 Å². The zero-order valence-electron chi connectivity index (χ0n) is 51.8. The van der Waals surface area contributed by atoms with Gasteiger partial charge < -0.3 is 14.2 Å². The Hall–Kier alpha value is -1.85. The van der Waals surface area contributed by atoms with Crippen molar-refractivity contribution in [3.8, 4) is 0 Å². The molecule has 0 spiro atoms. The summed E-state index contributed by atoms with van der Waals surface area (Å²) in [5.41, 5.74) is 0. The third kappa shape index (κ3) is 63.0. The Morgan fingerprint density at radius 1 is 0.250 bits per heavy atom. The molecule has 0 aliphatic heterocycles. The van der Waals surface area contributed by atoms with E-state index in [0.717, 1.165) is 64.2 Å².